The molecule has 5 heteroatoms. The van der Waals surface area contributed by atoms with E-state index in [0.29, 0.717) is 10.8 Å². The molecule has 1 N–H and O–H groups in total. The molecule has 0 aromatic carbocycles. The van der Waals surface area contributed by atoms with Gasteiger partial charge in [-0.05, 0) is 24.3 Å². The molecular weight excluding hydrogens is 238 g/mol. The molecule has 0 aliphatic rings. The van der Waals surface area contributed by atoms with E-state index in [4.69, 9.17) is 11.6 Å². The van der Waals surface area contributed by atoms with Gasteiger partial charge in [-0.25, -0.2) is 4.98 Å². The minimum absolute atomic E-state index is 0.133. The molecule has 0 radical (unpaired) electrons. The second kappa shape index (κ2) is 5.41. The number of amides is 1. The van der Waals surface area contributed by atoms with E-state index >= 15 is 0 Å². The van der Waals surface area contributed by atoms with Crippen molar-refractivity contribution in [3.63, 3.8) is 0 Å². The summed E-state index contributed by atoms with van der Waals surface area (Å²) in [5.74, 6) is -0.133. The van der Waals surface area contributed by atoms with Crippen LogP contribution in [-0.4, -0.2) is 15.9 Å². The molecule has 17 heavy (non-hydrogen) atoms. The summed E-state index contributed by atoms with van der Waals surface area (Å²) < 4.78 is 0. The van der Waals surface area contributed by atoms with E-state index in [9.17, 15) is 4.79 Å². The summed E-state index contributed by atoms with van der Waals surface area (Å²) in [6, 6.07) is 8.74. The van der Waals surface area contributed by atoms with Gasteiger partial charge in [0.1, 0.15) is 5.15 Å². The topological polar surface area (TPSA) is 54.9 Å². The van der Waals surface area contributed by atoms with Crippen LogP contribution in [0.15, 0.2) is 42.7 Å². The number of aromatic nitrogens is 2. The number of pyridine rings is 2. The fourth-order valence-corrected chi connectivity index (χ4v) is 1.53. The minimum atomic E-state index is -0.133. The Hall–Kier alpha value is -1.94. The molecule has 0 bridgehead atoms. The summed E-state index contributed by atoms with van der Waals surface area (Å²) >= 11 is 5.71. The van der Waals surface area contributed by atoms with E-state index in [1.807, 2.05) is 12.1 Å². The van der Waals surface area contributed by atoms with Crippen molar-refractivity contribution < 1.29 is 4.79 Å². The van der Waals surface area contributed by atoms with Crippen molar-refractivity contribution in [3.05, 3.63) is 53.6 Å². The first-order chi connectivity index (χ1) is 8.24. The van der Waals surface area contributed by atoms with Crippen LogP contribution < -0.4 is 5.32 Å². The van der Waals surface area contributed by atoms with Gasteiger partial charge >= 0.3 is 0 Å². The van der Waals surface area contributed by atoms with Gasteiger partial charge in [-0.1, -0.05) is 17.7 Å². The van der Waals surface area contributed by atoms with Crippen LogP contribution in [0.25, 0.3) is 0 Å². The standard InChI is InChI=1S/C12H10ClN3O/c13-11-7-10(4-6-15-11)16-12(17)8-9-3-1-2-5-14-9/h1-7H,8H2,(H,15,16,17). The smallest absolute Gasteiger partial charge is 0.230 e. The summed E-state index contributed by atoms with van der Waals surface area (Å²) in [6.45, 7) is 0. The number of rotatable bonds is 3. The molecule has 86 valence electrons. The maximum Gasteiger partial charge on any atom is 0.230 e. The van der Waals surface area contributed by atoms with E-state index in [0.717, 1.165) is 5.69 Å². The molecule has 2 aromatic heterocycles. The van der Waals surface area contributed by atoms with Gasteiger partial charge < -0.3 is 5.32 Å². The maximum absolute atomic E-state index is 11.7. The normalized spacial score (nSPS) is 9.94. The van der Waals surface area contributed by atoms with Crippen LogP contribution in [-0.2, 0) is 11.2 Å². The van der Waals surface area contributed by atoms with Crippen LogP contribution in [0.2, 0.25) is 5.15 Å². The van der Waals surface area contributed by atoms with E-state index < -0.39 is 0 Å². The molecule has 0 aliphatic carbocycles. The molecule has 1 amide bonds. The molecule has 2 heterocycles. The molecule has 0 aliphatic heterocycles. The van der Waals surface area contributed by atoms with Crippen LogP contribution in [0.1, 0.15) is 5.69 Å². The monoisotopic (exact) mass is 247 g/mol. The van der Waals surface area contributed by atoms with Gasteiger partial charge in [-0.2, -0.15) is 0 Å². The molecule has 0 unspecified atom stereocenters. The van der Waals surface area contributed by atoms with Gasteiger partial charge in [0.25, 0.3) is 0 Å². The van der Waals surface area contributed by atoms with Crippen LogP contribution in [0.4, 0.5) is 5.69 Å². The highest BCUT2D eigenvalue weighted by atomic mass is 35.5. The Balaban J connectivity index is 1.98. The first-order valence-electron chi connectivity index (χ1n) is 5.05. The predicted octanol–water partition coefficient (Wildman–Crippen LogP) is 2.31. The number of carbonyl (C=O) groups is 1. The fraction of sp³-hybridized carbons (Fsp3) is 0.0833. The lowest BCUT2D eigenvalue weighted by Crippen LogP contribution is -2.15. The quantitative estimate of drug-likeness (QED) is 0.847. The Kier molecular flexibility index (Phi) is 3.67. The first-order valence-corrected chi connectivity index (χ1v) is 5.43. The van der Waals surface area contributed by atoms with Crippen molar-refractivity contribution in [1.82, 2.24) is 9.97 Å². The fourth-order valence-electron chi connectivity index (χ4n) is 1.35. The van der Waals surface area contributed by atoms with Crippen LogP contribution >= 0.6 is 11.6 Å². The summed E-state index contributed by atoms with van der Waals surface area (Å²) in [5, 5.41) is 3.08. The largest absolute Gasteiger partial charge is 0.326 e. The van der Waals surface area contributed by atoms with Crippen molar-refractivity contribution in [3.8, 4) is 0 Å². The number of nitrogens with zero attached hydrogens (tertiary/aromatic N) is 2. The molecule has 0 saturated heterocycles. The van der Waals surface area contributed by atoms with E-state index in [-0.39, 0.29) is 12.3 Å². The van der Waals surface area contributed by atoms with Crippen molar-refractivity contribution >= 4 is 23.2 Å². The highest BCUT2D eigenvalue weighted by Crippen LogP contribution is 2.12. The number of hydrogen-bond acceptors (Lipinski definition) is 3. The second-order valence-corrected chi connectivity index (χ2v) is 3.80. The molecule has 2 rings (SSSR count). The molecule has 4 nitrogen and oxygen atoms in total. The van der Waals surface area contributed by atoms with Gasteiger partial charge in [0, 0.05) is 23.8 Å². The number of hydrogen-bond donors (Lipinski definition) is 1. The molecule has 0 atom stereocenters. The van der Waals surface area contributed by atoms with Crippen LogP contribution in [0.3, 0.4) is 0 Å². The Morgan fingerprint density at radius 2 is 2.12 bits per heavy atom. The van der Waals surface area contributed by atoms with Gasteiger partial charge in [-0.3, -0.25) is 9.78 Å². The highest BCUT2D eigenvalue weighted by Gasteiger charge is 2.04. The minimum Gasteiger partial charge on any atom is -0.326 e. The van der Waals surface area contributed by atoms with Crippen molar-refractivity contribution in [1.29, 1.82) is 0 Å². The first kappa shape index (κ1) is 11.5. The van der Waals surface area contributed by atoms with E-state index in [1.54, 1.807) is 30.6 Å². The third-order valence-corrected chi connectivity index (χ3v) is 2.28. The lowest BCUT2D eigenvalue weighted by Gasteiger charge is -2.04. The highest BCUT2D eigenvalue weighted by molar-refractivity contribution is 6.29. The second-order valence-electron chi connectivity index (χ2n) is 3.41. The third kappa shape index (κ3) is 3.53. The van der Waals surface area contributed by atoms with Gasteiger partial charge in [-0.15, -0.1) is 0 Å². The SMILES string of the molecule is O=C(Cc1ccccn1)Nc1ccnc(Cl)c1. The number of carbonyl (C=O) groups excluding carboxylic acids is 1. The lowest BCUT2D eigenvalue weighted by molar-refractivity contribution is -0.115. The summed E-state index contributed by atoms with van der Waals surface area (Å²) in [4.78, 5) is 19.6. The summed E-state index contributed by atoms with van der Waals surface area (Å²) in [5.41, 5.74) is 1.36. The average molecular weight is 248 g/mol. The zero-order chi connectivity index (χ0) is 12.1. The van der Waals surface area contributed by atoms with Crippen LogP contribution in [0.5, 0.6) is 0 Å². The van der Waals surface area contributed by atoms with Crippen LogP contribution in [0, 0.1) is 0 Å². The Bertz CT molecular complexity index is 516. The number of anilines is 1. The number of nitrogens with one attached hydrogen (secondary N) is 1. The van der Waals surface area contributed by atoms with Gasteiger partial charge in [0.2, 0.25) is 5.91 Å². The van der Waals surface area contributed by atoms with Gasteiger partial charge in [0.15, 0.2) is 0 Å². The Morgan fingerprint density at radius 3 is 2.82 bits per heavy atom. The molecule has 2 aromatic rings. The number of halogens is 1. The van der Waals surface area contributed by atoms with Gasteiger partial charge in [0.05, 0.1) is 6.42 Å². The molecule has 0 saturated carbocycles. The summed E-state index contributed by atoms with van der Waals surface area (Å²) in [6.07, 6.45) is 3.44. The van der Waals surface area contributed by atoms with Crippen molar-refractivity contribution in [2.24, 2.45) is 0 Å². The average Bonchev–Trinajstić information content (AvgIpc) is 2.30. The van der Waals surface area contributed by atoms with Crippen molar-refractivity contribution in [2.45, 2.75) is 6.42 Å². The zero-order valence-electron chi connectivity index (χ0n) is 8.93. The Morgan fingerprint density at radius 1 is 1.24 bits per heavy atom. The van der Waals surface area contributed by atoms with E-state index in [1.165, 1.54) is 0 Å². The lowest BCUT2D eigenvalue weighted by atomic mass is 10.2. The zero-order valence-corrected chi connectivity index (χ0v) is 9.69. The third-order valence-electron chi connectivity index (χ3n) is 2.08. The van der Waals surface area contributed by atoms with E-state index in [2.05, 4.69) is 15.3 Å². The van der Waals surface area contributed by atoms with Crippen molar-refractivity contribution in [2.75, 3.05) is 5.32 Å². The maximum atomic E-state index is 11.7. The molecule has 0 fully saturated rings. The Labute approximate surface area is 104 Å². The summed E-state index contributed by atoms with van der Waals surface area (Å²) in [7, 11) is 0. The molecule has 0 spiro atoms. The molecular formula is C12H10ClN3O. The predicted molar refractivity (Wildman–Crippen MR) is 65.8 cm³/mol.